The number of benzene rings is 1. The molecule has 0 saturated carbocycles. The monoisotopic (exact) mass is 273 g/mol. The van der Waals surface area contributed by atoms with E-state index in [1.165, 1.54) is 31.4 Å². The molecule has 3 aromatic rings. The maximum absolute atomic E-state index is 11.7. The summed E-state index contributed by atoms with van der Waals surface area (Å²) in [5.74, 6) is 0. The molecule has 0 aliphatic carbocycles. The third-order valence-electron chi connectivity index (χ3n) is 3.10. The summed E-state index contributed by atoms with van der Waals surface area (Å²) in [6.45, 7) is 1.44. The molecule has 0 fully saturated rings. The van der Waals surface area contributed by atoms with Gasteiger partial charge in [-0.15, -0.1) is 0 Å². The second-order valence-corrected chi connectivity index (χ2v) is 4.25. The van der Waals surface area contributed by atoms with Crippen molar-refractivity contribution in [2.24, 2.45) is 0 Å². The number of fused-ring (bicyclic) bond motifs is 2. The van der Waals surface area contributed by atoms with Gasteiger partial charge in [-0.1, -0.05) is 0 Å². The first-order valence-corrected chi connectivity index (χ1v) is 5.62. The van der Waals surface area contributed by atoms with Crippen molar-refractivity contribution in [1.82, 2.24) is 0 Å². The lowest BCUT2D eigenvalue weighted by Gasteiger charge is -2.03. The predicted molar refractivity (Wildman–Crippen MR) is 69.9 cm³/mol. The van der Waals surface area contributed by atoms with E-state index < -0.39 is 16.2 Å². The Morgan fingerprint density at radius 1 is 1.15 bits per heavy atom. The highest BCUT2D eigenvalue weighted by atomic mass is 16.6. The first-order chi connectivity index (χ1) is 9.49. The molecule has 20 heavy (non-hydrogen) atoms. The number of nitrogens with zero attached hydrogens (tertiary/aromatic N) is 1. The lowest BCUT2D eigenvalue weighted by Crippen LogP contribution is -2.09. The topological polar surface area (TPSA) is 104 Å². The Balaban J connectivity index is 2.57. The average molecular weight is 273 g/mol. The van der Waals surface area contributed by atoms with Crippen molar-refractivity contribution in [2.45, 2.75) is 6.92 Å². The number of nitro groups is 1. The molecule has 0 bridgehead atoms. The van der Waals surface area contributed by atoms with Gasteiger partial charge in [-0.05, 0) is 13.0 Å². The van der Waals surface area contributed by atoms with Crippen LogP contribution < -0.4 is 11.1 Å². The van der Waals surface area contributed by atoms with Crippen LogP contribution in [0.5, 0.6) is 0 Å². The zero-order valence-corrected chi connectivity index (χ0v) is 10.2. The summed E-state index contributed by atoms with van der Waals surface area (Å²) in [4.78, 5) is 33.4. The first kappa shape index (κ1) is 12.1. The zero-order valence-electron chi connectivity index (χ0n) is 10.2. The van der Waals surface area contributed by atoms with Crippen LogP contribution in [0.4, 0.5) is 5.69 Å². The summed E-state index contributed by atoms with van der Waals surface area (Å²) >= 11 is 0. The molecular formula is C13H7NO6. The molecule has 0 aliphatic rings. The van der Waals surface area contributed by atoms with Crippen LogP contribution in [0, 0.1) is 17.0 Å². The van der Waals surface area contributed by atoms with E-state index in [1.807, 2.05) is 0 Å². The molecule has 0 amide bonds. The molecule has 0 saturated heterocycles. The van der Waals surface area contributed by atoms with Crippen LogP contribution in [-0.2, 0) is 0 Å². The van der Waals surface area contributed by atoms with Gasteiger partial charge in [-0.3, -0.25) is 14.9 Å². The molecule has 1 aromatic carbocycles. The fraction of sp³-hybridized carbons (Fsp3) is 0.0769. The third kappa shape index (κ3) is 1.60. The molecule has 100 valence electrons. The summed E-state index contributed by atoms with van der Waals surface area (Å²) in [5, 5.41) is 11.5. The minimum Gasteiger partial charge on any atom is -0.464 e. The van der Waals surface area contributed by atoms with Crippen molar-refractivity contribution in [3.8, 4) is 0 Å². The molecule has 2 aromatic heterocycles. The lowest BCUT2D eigenvalue weighted by atomic mass is 10.1. The van der Waals surface area contributed by atoms with Gasteiger partial charge in [0.25, 0.3) is 0 Å². The van der Waals surface area contributed by atoms with Gasteiger partial charge in [-0.25, -0.2) is 4.79 Å². The molecule has 0 radical (unpaired) electrons. The Morgan fingerprint density at radius 2 is 1.90 bits per heavy atom. The van der Waals surface area contributed by atoms with E-state index in [4.69, 9.17) is 8.83 Å². The quantitative estimate of drug-likeness (QED) is 0.291. The standard InChI is InChI=1S/C13H7NO6/c1-6-7-4-8-9(15)2-3-19-10(8)5-11(7)20-13(16)12(6)14(17)18/h2-5H,1H3. The van der Waals surface area contributed by atoms with Gasteiger partial charge < -0.3 is 8.83 Å². The summed E-state index contributed by atoms with van der Waals surface area (Å²) in [7, 11) is 0. The highest BCUT2D eigenvalue weighted by molar-refractivity contribution is 5.95. The van der Waals surface area contributed by atoms with Gasteiger partial charge in [0, 0.05) is 23.1 Å². The number of hydrogen-bond acceptors (Lipinski definition) is 6. The van der Waals surface area contributed by atoms with E-state index in [1.54, 1.807) is 0 Å². The van der Waals surface area contributed by atoms with Crippen LogP contribution in [0.2, 0.25) is 0 Å². The zero-order chi connectivity index (χ0) is 14.4. The number of hydrogen-bond donors (Lipinski definition) is 0. The second kappa shape index (κ2) is 4.02. The third-order valence-corrected chi connectivity index (χ3v) is 3.10. The molecule has 0 spiro atoms. The van der Waals surface area contributed by atoms with Gasteiger partial charge in [-0.2, -0.15) is 0 Å². The molecule has 7 heteroatoms. The van der Waals surface area contributed by atoms with Gasteiger partial charge in [0.15, 0.2) is 5.43 Å². The van der Waals surface area contributed by atoms with E-state index in [2.05, 4.69) is 0 Å². The van der Waals surface area contributed by atoms with Crippen molar-refractivity contribution in [3.63, 3.8) is 0 Å². The van der Waals surface area contributed by atoms with Gasteiger partial charge >= 0.3 is 11.3 Å². The smallest absolute Gasteiger partial charge is 0.415 e. The van der Waals surface area contributed by atoms with Crippen LogP contribution in [0.1, 0.15) is 5.56 Å². The van der Waals surface area contributed by atoms with Crippen LogP contribution in [-0.4, -0.2) is 4.92 Å². The predicted octanol–water partition coefficient (Wildman–Crippen LogP) is 2.12. The Kier molecular flexibility index (Phi) is 2.43. The van der Waals surface area contributed by atoms with Crippen molar-refractivity contribution in [3.05, 3.63) is 60.8 Å². The fourth-order valence-electron chi connectivity index (χ4n) is 2.13. The van der Waals surface area contributed by atoms with E-state index >= 15 is 0 Å². The maximum atomic E-state index is 11.7. The van der Waals surface area contributed by atoms with Crippen molar-refractivity contribution < 1.29 is 13.8 Å². The van der Waals surface area contributed by atoms with Crippen LogP contribution in [0.25, 0.3) is 21.9 Å². The van der Waals surface area contributed by atoms with Crippen LogP contribution in [0.3, 0.4) is 0 Å². The Labute approximate surface area is 110 Å². The van der Waals surface area contributed by atoms with E-state index in [0.717, 1.165) is 0 Å². The molecule has 3 rings (SSSR count). The van der Waals surface area contributed by atoms with E-state index in [0.29, 0.717) is 5.39 Å². The second-order valence-electron chi connectivity index (χ2n) is 4.25. The maximum Gasteiger partial charge on any atom is 0.415 e. The molecule has 0 atom stereocenters. The molecule has 0 unspecified atom stereocenters. The Hall–Kier alpha value is -2.96. The normalized spacial score (nSPS) is 11.1. The van der Waals surface area contributed by atoms with Gasteiger partial charge in [0.2, 0.25) is 0 Å². The van der Waals surface area contributed by atoms with Crippen molar-refractivity contribution in [1.29, 1.82) is 0 Å². The van der Waals surface area contributed by atoms with E-state index in [-0.39, 0.29) is 27.5 Å². The lowest BCUT2D eigenvalue weighted by molar-refractivity contribution is -0.387. The molecule has 2 heterocycles. The summed E-state index contributed by atoms with van der Waals surface area (Å²) in [6.07, 6.45) is 1.23. The van der Waals surface area contributed by atoms with Crippen molar-refractivity contribution in [2.75, 3.05) is 0 Å². The largest absolute Gasteiger partial charge is 0.464 e. The van der Waals surface area contributed by atoms with Crippen LogP contribution >= 0.6 is 0 Å². The minimum absolute atomic E-state index is 0.139. The number of rotatable bonds is 1. The van der Waals surface area contributed by atoms with Gasteiger partial charge in [0.1, 0.15) is 11.2 Å². The number of aryl methyl sites for hydroxylation is 1. The summed E-state index contributed by atoms with van der Waals surface area (Å²) < 4.78 is 10.1. The van der Waals surface area contributed by atoms with Gasteiger partial charge in [0.05, 0.1) is 16.6 Å². The molecule has 7 nitrogen and oxygen atoms in total. The first-order valence-electron chi connectivity index (χ1n) is 5.62. The Bertz CT molecular complexity index is 982. The SMILES string of the molecule is Cc1c([N+](=O)[O-])c(=O)oc2cc3occc(=O)c3cc12. The molecular weight excluding hydrogens is 266 g/mol. The molecule has 0 N–H and O–H groups in total. The summed E-state index contributed by atoms with van der Waals surface area (Å²) in [5.41, 5.74) is -1.39. The summed E-state index contributed by atoms with van der Waals surface area (Å²) in [6, 6.07) is 4.06. The van der Waals surface area contributed by atoms with Crippen molar-refractivity contribution >= 4 is 27.6 Å². The highest BCUT2D eigenvalue weighted by Crippen LogP contribution is 2.26. The fourth-order valence-corrected chi connectivity index (χ4v) is 2.13. The van der Waals surface area contributed by atoms with E-state index in [9.17, 15) is 19.7 Å². The highest BCUT2D eigenvalue weighted by Gasteiger charge is 2.22. The molecule has 0 aliphatic heterocycles. The average Bonchev–Trinajstić information content (AvgIpc) is 2.37. The minimum atomic E-state index is -1.03. The van der Waals surface area contributed by atoms with Crippen LogP contribution in [0.15, 0.2) is 42.9 Å². The Morgan fingerprint density at radius 3 is 2.60 bits per heavy atom.